The first-order chi connectivity index (χ1) is 12.4. The van der Waals surface area contributed by atoms with Crippen molar-refractivity contribution in [2.24, 2.45) is 11.5 Å². The molecular formula is C19H17N5O2. The summed E-state index contributed by atoms with van der Waals surface area (Å²) in [5.74, 6) is -1.87. The molecule has 3 aromatic rings. The summed E-state index contributed by atoms with van der Waals surface area (Å²) in [6.45, 7) is 0. The zero-order valence-electron chi connectivity index (χ0n) is 13.7. The minimum absolute atomic E-state index is 0.0617. The maximum atomic E-state index is 12.0. The predicted octanol–water partition coefficient (Wildman–Crippen LogP) is 2.79. The smallest absolute Gasteiger partial charge is 0.337 e. The molecule has 0 fully saturated rings. The molecule has 3 rings (SSSR count). The summed E-state index contributed by atoms with van der Waals surface area (Å²) < 4.78 is 0. The summed E-state index contributed by atoms with van der Waals surface area (Å²) in [4.78, 5) is 12.0. The van der Waals surface area contributed by atoms with Gasteiger partial charge in [-0.15, -0.1) is 0 Å². The lowest BCUT2D eigenvalue weighted by Gasteiger charge is -2.16. The van der Waals surface area contributed by atoms with Crippen LogP contribution in [0.15, 0.2) is 54.6 Å². The van der Waals surface area contributed by atoms with Crippen molar-refractivity contribution in [2.45, 2.75) is 0 Å². The van der Waals surface area contributed by atoms with Crippen LogP contribution in [0.3, 0.4) is 0 Å². The number of carboxylic acids is 1. The molecule has 0 aliphatic heterocycles. The van der Waals surface area contributed by atoms with Crippen LogP contribution in [0.25, 0.3) is 21.9 Å². The van der Waals surface area contributed by atoms with Crippen molar-refractivity contribution >= 4 is 34.2 Å². The highest BCUT2D eigenvalue weighted by Crippen LogP contribution is 2.35. The van der Waals surface area contributed by atoms with Gasteiger partial charge in [-0.25, -0.2) is 4.79 Å². The lowest BCUT2D eigenvalue weighted by molar-refractivity contribution is 0.0697. The monoisotopic (exact) mass is 347 g/mol. The number of fused-ring (bicyclic) bond motifs is 1. The topological polar surface area (TPSA) is 149 Å². The number of nitrogens with two attached hydrogens (primary N) is 2. The van der Waals surface area contributed by atoms with Crippen molar-refractivity contribution in [1.29, 1.82) is 10.8 Å². The molecule has 0 amide bonds. The summed E-state index contributed by atoms with van der Waals surface area (Å²) in [6.07, 6.45) is 0. The van der Waals surface area contributed by atoms with Gasteiger partial charge < -0.3 is 21.9 Å². The Kier molecular flexibility index (Phi) is 4.28. The van der Waals surface area contributed by atoms with Gasteiger partial charge in [-0.2, -0.15) is 0 Å². The van der Waals surface area contributed by atoms with Crippen LogP contribution in [0.4, 0.5) is 5.69 Å². The van der Waals surface area contributed by atoms with Crippen molar-refractivity contribution in [2.75, 3.05) is 5.32 Å². The van der Waals surface area contributed by atoms with E-state index in [1.165, 1.54) is 6.07 Å². The van der Waals surface area contributed by atoms with Crippen LogP contribution in [0, 0.1) is 10.8 Å². The zero-order chi connectivity index (χ0) is 18.8. The fourth-order valence-electron chi connectivity index (χ4n) is 2.99. The molecule has 0 heterocycles. The van der Waals surface area contributed by atoms with Crippen molar-refractivity contribution in [3.05, 3.63) is 65.7 Å². The molecule has 7 heteroatoms. The number of amidine groups is 1. The molecule has 7 nitrogen and oxygen atoms in total. The van der Waals surface area contributed by atoms with Gasteiger partial charge >= 0.3 is 5.97 Å². The molecule has 3 aromatic carbocycles. The SMILES string of the molecule is N=C(N)Nc1cc(C(=N)N)c(C(=O)O)c(-c2cccc3ccccc23)c1. The molecule has 0 unspecified atom stereocenters. The average molecular weight is 347 g/mol. The Bertz CT molecular complexity index is 1050. The summed E-state index contributed by atoms with van der Waals surface area (Å²) in [6, 6.07) is 16.2. The number of benzene rings is 3. The van der Waals surface area contributed by atoms with Gasteiger partial charge in [-0.1, -0.05) is 42.5 Å². The molecular weight excluding hydrogens is 330 g/mol. The standard InChI is InChI=1S/C19H17N5O2/c20-17(21)15-9-11(24-19(22)23)8-14(16(15)18(25)26)13-7-3-5-10-4-1-2-6-12(10)13/h1-9H,(H3,20,21)(H,25,26)(H4,22,23,24). The lowest BCUT2D eigenvalue weighted by atomic mass is 9.91. The highest BCUT2D eigenvalue weighted by molar-refractivity contribution is 6.13. The summed E-state index contributed by atoms with van der Waals surface area (Å²) >= 11 is 0. The fourth-order valence-corrected chi connectivity index (χ4v) is 2.99. The van der Waals surface area contributed by atoms with E-state index in [-0.39, 0.29) is 22.9 Å². The van der Waals surface area contributed by atoms with E-state index in [2.05, 4.69) is 5.32 Å². The van der Waals surface area contributed by atoms with Crippen LogP contribution < -0.4 is 16.8 Å². The Hall–Kier alpha value is -3.87. The second kappa shape index (κ2) is 6.56. The molecule has 0 saturated heterocycles. The first kappa shape index (κ1) is 17.0. The van der Waals surface area contributed by atoms with Crippen molar-refractivity contribution < 1.29 is 9.90 Å². The first-order valence-corrected chi connectivity index (χ1v) is 7.73. The highest BCUT2D eigenvalue weighted by atomic mass is 16.4. The van der Waals surface area contributed by atoms with Crippen LogP contribution in [0.2, 0.25) is 0 Å². The number of guanidine groups is 1. The molecule has 0 bridgehead atoms. The van der Waals surface area contributed by atoms with E-state index >= 15 is 0 Å². The highest BCUT2D eigenvalue weighted by Gasteiger charge is 2.21. The van der Waals surface area contributed by atoms with Crippen molar-refractivity contribution in [3.8, 4) is 11.1 Å². The Labute approximate surface area is 149 Å². The van der Waals surface area contributed by atoms with Crippen molar-refractivity contribution in [3.63, 3.8) is 0 Å². The first-order valence-electron chi connectivity index (χ1n) is 7.73. The second-order valence-electron chi connectivity index (χ2n) is 5.73. The third kappa shape index (κ3) is 3.05. The number of nitrogen functional groups attached to an aromatic ring is 1. The van der Waals surface area contributed by atoms with Gasteiger partial charge in [0, 0.05) is 11.3 Å². The van der Waals surface area contributed by atoms with Gasteiger partial charge in [0.2, 0.25) is 0 Å². The molecule has 0 spiro atoms. The molecule has 8 N–H and O–H groups in total. The minimum atomic E-state index is -1.19. The van der Waals surface area contributed by atoms with Crippen LogP contribution in [0.1, 0.15) is 15.9 Å². The fraction of sp³-hybridized carbons (Fsp3) is 0. The third-order valence-corrected chi connectivity index (χ3v) is 4.00. The van der Waals surface area contributed by atoms with E-state index in [4.69, 9.17) is 22.3 Å². The number of aromatic carboxylic acids is 1. The van der Waals surface area contributed by atoms with Gasteiger partial charge in [0.15, 0.2) is 5.96 Å². The third-order valence-electron chi connectivity index (χ3n) is 4.00. The van der Waals surface area contributed by atoms with E-state index in [1.807, 2.05) is 42.5 Å². The van der Waals surface area contributed by atoms with Gasteiger partial charge in [0.25, 0.3) is 0 Å². The molecule has 0 aliphatic rings. The molecule has 0 aliphatic carbocycles. The minimum Gasteiger partial charge on any atom is -0.478 e. The molecule has 0 atom stereocenters. The molecule has 0 radical (unpaired) electrons. The second-order valence-corrected chi connectivity index (χ2v) is 5.73. The Morgan fingerprint density at radius 1 is 0.962 bits per heavy atom. The molecule has 0 aromatic heterocycles. The number of hydrogen-bond donors (Lipinski definition) is 6. The predicted molar refractivity (Wildman–Crippen MR) is 103 cm³/mol. The lowest BCUT2D eigenvalue weighted by Crippen LogP contribution is -2.22. The van der Waals surface area contributed by atoms with Crippen LogP contribution in [-0.2, 0) is 0 Å². The van der Waals surface area contributed by atoms with Gasteiger partial charge in [0.1, 0.15) is 5.84 Å². The van der Waals surface area contributed by atoms with Crippen molar-refractivity contribution in [1.82, 2.24) is 0 Å². The van der Waals surface area contributed by atoms with E-state index in [0.717, 1.165) is 10.8 Å². The zero-order valence-corrected chi connectivity index (χ0v) is 13.7. The Balaban J connectivity index is 2.40. The van der Waals surface area contributed by atoms with Gasteiger partial charge in [-0.05, 0) is 34.0 Å². The Morgan fingerprint density at radius 3 is 2.31 bits per heavy atom. The van der Waals surface area contributed by atoms with Gasteiger partial charge in [-0.3, -0.25) is 10.8 Å². The number of carboxylic acid groups (broad SMARTS) is 1. The number of nitrogens with one attached hydrogen (secondary N) is 3. The van der Waals surface area contributed by atoms with Gasteiger partial charge in [0.05, 0.1) is 5.56 Å². The quantitative estimate of drug-likeness (QED) is 0.317. The summed E-state index contributed by atoms with van der Waals surface area (Å²) in [5, 5.41) is 29.4. The van der Waals surface area contributed by atoms with E-state index in [1.54, 1.807) is 6.07 Å². The molecule has 130 valence electrons. The largest absolute Gasteiger partial charge is 0.478 e. The van der Waals surface area contributed by atoms with E-state index in [0.29, 0.717) is 16.8 Å². The summed E-state index contributed by atoms with van der Waals surface area (Å²) in [5.41, 5.74) is 12.5. The van der Waals surface area contributed by atoms with Crippen LogP contribution in [0.5, 0.6) is 0 Å². The Morgan fingerprint density at radius 2 is 1.65 bits per heavy atom. The summed E-state index contributed by atoms with van der Waals surface area (Å²) in [7, 11) is 0. The van der Waals surface area contributed by atoms with E-state index < -0.39 is 5.97 Å². The number of rotatable bonds is 4. The average Bonchev–Trinajstić information content (AvgIpc) is 2.59. The number of hydrogen-bond acceptors (Lipinski definition) is 3. The maximum Gasteiger partial charge on any atom is 0.337 e. The number of carbonyl (C=O) groups is 1. The van der Waals surface area contributed by atoms with Crippen LogP contribution >= 0.6 is 0 Å². The normalized spacial score (nSPS) is 10.5. The number of anilines is 1. The maximum absolute atomic E-state index is 12.0. The van der Waals surface area contributed by atoms with Crippen LogP contribution in [-0.4, -0.2) is 22.9 Å². The molecule has 0 saturated carbocycles. The van der Waals surface area contributed by atoms with E-state index in [9.17, 15) is 9.90 Å². The molecule has 26 heavy (non-hydrogen) atoms.